The van der Waals surface area contributed by atoms with Crippen LogP contribution in [0.1, 0.15) is 28.2 Å². The molecule has 0 amide bonds. The van der Waals surface area contributed by atoms with Gasteiger partial charge in [-0.05, 0) is 13.8 Å². The Hall–Kier alpha value is -1.95. The molecular formula is C14H20N6. The highest BCUT2D eigenvalue weighted by atomic mass is 15.3. The Morgan fingerprint density at radius 1 is 1.35 bits per heavy atom. The Morgan fingerprint density at radius 2 is 2.15 bits per heavy atom. The van der Waals surface area contributed by atoms with Crippen LogP contribution < -0.4 is 5.73 Å². The Morgan fingerprint density at radius 3 is 2.85 bits per heavy atom. The van der Waals surface area contributed by atoms with E-state index in [0.29, 0.717) is 5.95 Å². The fourth-order valence-corrected chi connectivity index (χ4v) is 2.79. The molecule has 0 saturated heterocycles. The number of nitrogens with two attached hydrogens (primary N) is 1. The summed E-state index contributed by atoms with van der Waals surface area (Å²) in [5.74, 6) is 0.371. The van der Waals surface area contributed by atoms with Crippen molar-refractivity contribution in [2.75, 3.05) is 12.3 Å². The molecule has 2 aromatic heterocycles. The zero-order valence-corrected chi connectivity index (χ0v) is 12.2. The molecule has 0 atom stereocenters. The van der Waals surface area contributed by atoms with Gasteiger partial charge >= 0.3 is 0 Å². The lowest BCUT2D eigenvalue weighted by atomic mass is 10.1. The molecule has 106 valence electrons. The highest BCUT2D eigenvalue weighted by molar-refractivity contribution is 5.28. The lowest BCUT2D eigenvalue weighted by molar-refractivity contribution is 0.242. The molecule has 1 aliphatic rings. The fraction of sp³-hybridized carbons (Fsp3) is 0.500. The molecule has 0 spiro atoms. The maximum Gasteiger partial charge on any atom is 0.220 e. The average Bonchev–Trinajstić information content (AvgIpc) is 2.65. The Kier molecular flexibility index (Phi) is 3.17. The van der Waals surface area contributed by atoms with Crippen LogP contribution in [0, 0.1) is 13.8 Å². The molecule has 3 rings (SSSR count). The van der Waals surface area contributed by atoms with E-state index in [2.05, 4.69) is 33.8 Å². The first-order valence-electron chi connectivity index (χ1n) is 6.86. The minimum absolute atomic E-state index is 0.371. The average molecular weight is 272 g/mol. The molecule has 0 unspecified atom stereocenters. The van der Waals surface area contributed by atoms with Crippen molar-refractivity contribution in [3.05, 3.63) is 34.4 Å². The van der Waals surface area contributed by atoms with Crippen molar-refractivity contribution in [3.8, 4) is 0 Å². The molecule has 2 aromatic rings. The second-order valence-corrected chi connectivity index (χ2v) is 5.43. The molecule has 1 aliphatic heterocycles. The van der Waals surface area contributed by atoms with Crippen molar-refractivity contribution >= 4 is 5.95 Å². The van der Waals surface area contributed by atoms with Gasteiger partial charge < -0.3 is 5.73 Å². The van der Waals surface area contributed by atoms with Gasteiger partial charge in [0, 0.05) is 56.1 Å². The Labute approximate surface area is 118 Å². The number of hydrogen-bond donors (Lipinski definition) is 1. The van der Waals surface area contributed by atoms with Crippen LogP contribution in [-0.2, 0) is 26.6 Å². The summed E-state index contributed by atoms with van der Waals surface area (Å²) in [5, 5.41) is 4.48. The van der Waals surface area contributed by atoms with Crippen molar-refractivity contribution in [2.24, 2.45) is 7.05 Å². The summed E-state index contributed by atoms with van der Waals surface area (Å²) in [5.41, 5.74) is 11.6. The number of fused-ring (bicyclic) bond motifs is 1. The number of rotatable bonds is 2. The van der Waals surface area contributed by atoms with Gasteiger partial charge in [-0.3, -0.25) is 9.58 Å². The van der Waals surface area contributed by atoms with Crippen molar-refractivity contribution < 1.29 is 0 Å². The van der Waals surface area contributed by atoms with Crippen LogP contribution in [0.5, 0.6) is 0 Å². The van der Waals surface area contributed by atoms with Crippen molar-refractivity contribution in [1.29, 1.82) is 0 Å². The number of hydrogen-bond acceptors (Lipinski definition) is 5. The summed E-state index contributed by atoms with van der Waals surface area (Å²) in [7, 11) is 1.99. The molecule has 0 bridgehead atoms. The monoisotopic (exact) mass is 272 g/mol. The van der Waals surface area contributed by atoms with Crippen LogP contribution >= 0.6 is 0 Å². The highest BCUT2D eigenvalue weighted by Gasteiger charge is 2.20. The number of nitrogens with zero attached hydrogens (tertiary/aromatic N) is 5. The van der Waals surface area contributed by atoms with Gasteiger partial charge in [0.2, 0.25) is 5.95 Å². The number of aromatic nitrogens is 4. The number of aryl methyl sites for hydroxylation is 2. The van der Waals surface area contributed by atoms with Gasteiger partial charge in [-0.2, -0.15) is 5.10 Å². The van der Waals surface area contributed by atoms with Gasteiger partial charge in [-0.1, -0.05) is 0 Å². The zero-order chi connectivity index (χ0) is 14.3. The van der Waals surface area contributed by atoms with Crippen LogP contribution in [0.3, 0.4) is 0 Å². The number of anilines is 1. The summed E-state index contributed by atoms with van der Waals surface area (Å²) < 4.78 is 1.95. The summed E-state index contributed by atoms with van der Waals surface area (Å²) >= 11 is 0. The van der Waals surface area contributed by atoms with Crippen molar-refractivity contribution in [1.82, 2.24) is 24.6 Å². The minimum atomic E-state index is 0.371. The van der Waals surface area contributed by atoms with E-state index in [1.165, 1.54) is 16.8 Å². The van der Waals surface area contributed by atoms with Gasteiger partial charge in [0.05, 0.1) is 11.4 Å². The van der Waals surface area contributed by atoms with Crippen LogP contribution in [0.15, 0.2) is 6.20 Å². The van der Waals surface area contributed by atoms with Crippen molar-refractivity contribution in [2.45, 2.75) is 33.4 Å². The van der Waals surface area contributed by atoms with E-state index in [-0.39, 0.29) is 0 Å². The molecule has 3 heterocycles. The molecule has 6 heteroatoms. The minimum Gasteiger partial charge on any atom is -0.368 e. The van der Waals surface area contributed by atoms with Gasteiger partial charge in [-0.25, -0.2) is 9.97 Å². The summed E-state index contributed by atoms with van der Waals surface area (Å²) in [6.45, 7) is 7.00. The standard InChI is InChI=1S/C14H20N6/c1-9-12(10(2)19(3)18-9)8-20-5-4-13-11(7-20)6-16-14(15)17-13/h6H,4-5,7-8H2,1-3H3,(H2,15,16,17). The van der Waals surface area contributed by atoms with E-state index in [1.54, 1.807) is 0 Å². The zero-order valence-electron chi connectivity index (χ0n) is 12.2. The first kappa shape index (κ1) is 13.1. The largest absolute Gasteiger partial charge is 0.368 e. The Balaban J connectivity index is 1.79. The lowest BCUT2D eigenvalue weighted by Crippen LogP contribution is -2.31. The number of nitrogen functional groups attached to an aromatic ring is 1. The van der Waals surface area contributed by atoms with Crippen LogP contribution in [0.4, 0.5) is 5.95 Å². The molecule has 0 aliphatic carbocycles. The molecular weight excluding hydrogens is 252 g/mol. The Bertz CT molecular complexity index is 645. The summed E-state index contributed by atoms with van der Waals surface area (Å²) in [6, 6.07) is 0. The first-order chi connectivity index (χ1) is 9.54. The predicted octanol–water partition coefficient (Wildman–Crippen LogP) is 0.967. The van der Waals surface area contributed by atoms with E-state index >= 15 is 0 Å². The van der Waals surface area contributed by atoms with Crippen molar-refractivity contribution in [3.63, 3.8) is 0 Å². The SMILES string of the molecule is Cc1nn(C)c(C)c1CN1CCc2nc(N)ncc2C1. The van der Waals surface area contributed by atoms with Crippen LogP contribution in [0.25, 0.3) is 0 Å². The smallest absolute Gasteiger partial charge is 0.220 e. The third-order valence-electron chi connectivity index (χ3n) is 4.07. The fourth-order valence-electron chi connectivity index (χ4n) is 2.79. The normalized spacial score (nSPS) is 15.3. The third-order valence-corrected chi connectivity index (χ3v) is 4.07. The quantitative estimate of drug-likeness (QED) is 0.882. The molecule has 20 heavy (non-hydrogen) atoms. The first-order valence-corrected chi connectivity index (χ1v) is 6.86. The lowest BCUT2D eigenvalue weighted by Gasteiger charge is -2.27. The van der Waals surface area contributed by atoms with Gasteiger partial charge in [-0.15, -0.1) is 0 Å². The maximum atomic E-state index is 5.64. The summed E-state index contributed by atoms with van der Waals surface area (Å²) in [4.78, 5) is 10.8. The maximum absolute atomic E-state index is 5.64. The topological polar surface area (TPSA) is 72.9 Å². The van der Waals surface area contributed by atoms with Gasteiger partial charge in [0.1, 0.15) is 0 Å². The van der Waals surface area contributed by atoms with Gasteiger partial charge in [0.15, 0.2) is 0 Å². The highest BCUT2D eigenvalue weighted by Crippen LogP contribution is 2.21. The molecule has 0 aromatic carbocycles. The van der Waals surface area contributed by atoms with E-state index in [4.69, 9.17) is 5.73 Å². The van der Waals surface area contributed by atoms with Gasteiger partial charge in [0.25, 0.3) is 0 Å². The molecule has 0 radical (unpaired) electrons. The third kappa shape index (κ3) is 2.27. The van der Waals surface area contributed by atoms with Crippen LogP contribution in [0.2, 0.25) is 0 Å². The van der Waals surface area contributed by atoms with E-state index in [1.807, 2.05) is 17.9 Å². The molecule has 0 saturated carbocycles. The van der Waals surface area contributed by atoms with Crippen LogP contribution in [-0.4, -0.2) is 31.2 Å². The summed E-state index contributed by atoms with van der Waals surface area (Å²) in [6.07, 6.45) is 2.78. The van der Waals surface area contributed by atoms with E-state index in [9.17, 15) is 0 Å². The van der Waals surface area contributed by atoms with E-state index < -0.39 is 0 Å². The second-order valence-electron chi connectivity index (χ2n) is 5.43. The van der Waals surface area contributed by atoms with E-state index in [0.717, 1.165) is 37.4 Å². The second kappa shape index (κ2) is 4.86. The molecule has 2 N–H and O–H groups in total. The molecule has 0 fully saturated rings. The predicted molar refractivity (Wildman–Crippen MR) is 76.9 cm³/mol. The molecule has 6 nitrogen and oxygen atoms in total.